The fraction of sp³-hybridized carbons (Fsp3) is 0.364. The van der Waals surface area contributed by atoms with Gasteiger partial charge in [0, 0.05) is 18.7 Å². The highest BCUT2D eigenvalue weighted by molar-refractivity contribution is 7.80. The lowest BCUT2D eigenvalue weighted by molar-refractivity contribution is -0.117. The number of aromatic hydroxyl groups is 1. The summed E-state index contributed by atoms with van der Waals surface area (Å²) < 4.78 is 0. The molecule has 1 aliphatic heterocycles. The molecule has 0 spiro atoms. The molecule has 0 bridgehead atoms. The minimum absolute atomic E-state index is 0.0295. The third-order valence-electron chi connectivity index (χ3n) is 2.78. The van der Waals surface area contributed by atoms with Gasteiger partial charge in [-0.3, -0.25) is 4.79 Å². The van der Waals surface area contributed by atoms with Gasteiger partial charge in [-0.2, -0.15) is 12.6 Å². The number of anilines is 1. The molecule has 1 atom stereocenters. The highest BCUT2D eigenvalue weighted by Gasteiger charge is 2.30. The average Bonchev–Trinajstić information content (AvgIpc) is 2.67. The molecule has 1 aromatic carbocycles. The van der Waals surface area contributed by atoms with E-state index in [4.69, 9.17) is 23.2 Å². The van der Waals surface area contributed by atoms with Crippen molar-refractivity contribution in [2.45, 2.75) is 6.42 Å². The maximum Gasteiger partial charge on any atom is 0.227 e. The molecule has 1 fully saturated rings. The van der Waals surface area contributed by atoms with Crippen LogP contribution < -0.4 is 4.90 Å². The van der Waals surface area contributed by atoms with Gasteiger partial charge in [0.15, 0.2) is 5.75 Å². The van der Waals surface area contributed by atoms with E-state index in [9.17, 15) is 9.90 Å². The molecule has 3 nitrogen and oxygen atoms in total. The second-order valence-corrected chi connectivity index (χ2v) is 5.19. The van der Waals surface area contributed by atoms with Crippen molar-refractivity contribution >= 4 is 47.4 Å². The first-order valence-corrected chi connectivity index (χ1v) is 6.51. The van der Waals surface area contributed by atoms with Crippen LogP contribution in [0.1, 0.15) is 6.42 Å². The number of amides is 1. The van der Waals surface area contributed by atoms with Crippen molar-refractivity contribution < 1.29 is 9.90 Å². The van der Waals surface area contributed by atoms with Gasteiger partial charge in [-0.25, -0.2) is 0 Å². The first-order chi connectivity index (χ1) is 8.02. The molecule has 0 saturated carbocycles. The summed E-state index contributed by atoms with van der Waals surface area (Å²) in [6.07, 6.45) is 0.486. The van der Waals surface area contributed by atoms with Gasteiger partial charge in [0.2, 0.25) is 5.91 Å². The second kappa shape index (κ2) is 4.96. The second-order valence-electron chi connectivity index (χ2n) is 4.02. The van der Waals surface area contributed by atoms with Crippen LogP contribution in [0, 0.1) is 5.92 Å². The lowest BCUT2D eigenvalue weighted by atomic mass is 10.1. The Balaban J connectivity index is 2.32. The van der Waals surface area contributed by atoms with E-state index < -0.39 is 0 Å². The molecular formula is C11H11Cl2NO2S. The molecule has 1 aromatic rings. The third-order valence-corrected chi connectivity index (χ3v) is 3.87. The average molecular weight is 292 g/mol. The van der Waals surface area contributed by atoms with Gasteiger partial charge in [0.1, 0.15) is 0 Å². The normalized spacial score (nSPS) is 20.1. The van der Waals surface area contributed by atoms with Crippen molar-refractivity contribution in [1.29, 1.82) is 0 Å². The predicted molar refractivity (Wildman–Crippen MR) is 72.4 cm³/mol. The molecule has 17 heavy (non-hydrogen) atoms. The van der Waals surface area contributed by atoms with Crippen LogP contribution in [-0.2, 0) is 4.79 Å². The van der Waals surface area contributed by atoms with Gasteiger partial charge in [-0.05, 0) is 23.8 Å². The number of hydrogen-bond donors (Lipinski definition) is 2. The number of benzene rings is 1. The van der Waals surface area contributed by atoms with Crippen LogP contribution in [-0.4, -0.2) is 23.3 Å². The number of rotatable bonds is 2. The maximum absolute atomic E-state index is 11.8. The first-order valence-electron chi connectivity index (χ1n) is 5.12. The number of carbonyl (C=O) groups is 1. The molecule has 0 radical (unpaired) electrons. The van der Waals surface area contributed by atoms with Crippen LogP contribution in [0.2, 0.25) is 10.0 Å². The standard InChI is InChI=1S/C11H11Cl2NO2S/c12-8-2-7(3-9(13)11(8)16)14-4-6(5-17)1-10(14)15/h2-3,6,16-17H,1,4-5H2. The number of halogens is 2. The molecule has 1 saturated heterocycles. The number of hydrogen-bond acceptors (Lipinski definition) is 3. The van der Waals surface area contributed by atoms with E-state index in [-0.39, 0.29) is 27.6 Å². The summed E-state index contributed by atoms with van der Waals surface area (Å²) in [6, 6.07) is 3.09. The zero-order valence-electron chi connectivity index (χ0n) is 8.86. The van der Waals surface area contributed by atoms with E-state index in [1.807, 2.05) is 0 Å². The lowest BCUT2D eigenvalue weighted by Crippen LogP contribution is -2.24. The zero-order chi connectivity index (χ0) is 12.6. The van der Waals surface area contributed by atoms with Crippen LogP contribution in [0.25, 0.3) is 0 Å². The van der Waals surface area contributed by atoms with Crippen molar-refractivity contribution in [3.8, 4) is 5.75 Å². The molecular weight excluding hydrogens is 281 g/mol. The molecule has 1 amide bonds. The summed E-state index contributed by atoms with van der Waals surface area (Å²) in [7, 11) is 0. The molecule has 1 N–H and O–H groups in total. The fourth-order valence-electron chi connectivity index (χ4n) is 1.86. The lowest BCUT2D eigenvalue weighted by Gasteiger charge is -2.17. The molecule has 1 unspecified atom stereocenters. The minimum Gasteiger partial charge on any atom is -0.505 e. The molecule has 0 aromatic heterocycles. The molecule has 6 heteroatoms. The maximum atomic E-state index is 11.8. The van der Waals surface area contributed by atoms with Gasteiger partial charge < -0.3 is 10.0 Å². The summed E-state index contributed by atoms with van der Waals surface area (Å²) in [5, 5.41) is 9.75. The van der Waals surface area contributed by atoms with Gasteiger partial charge >= 0.3 is 0 Å². The molecule has 1 aliphatic rings. The number of carbonyl (C=O) groups excluding carboxylic acids is 1. The largest absolute Gasteiger partial charge is 0.505 e. The van der Waals surface area contributed by atoms with E-state index in [1.165, 1.54) is 0 Å². The van der Waals surface area contributed by atoms with Crippen molar-refractivity contribution in [1.82, 2.24) is 0 Å². The van der Waals surface area contributed by atoms with E-state index >= 15 is 0 Å². The third kappa shape index (κ3) is 2.49. The Hall–Kier alpha value is -0.580. The Kier molecular flexibility index (Phi) is 3.76. The molecule has 92 valence electrons. The molecule has 1 heterocycles. The SMILES string of the molecule is O=C1CC(CS)CN1c1cc(Cl)c(O)c(Cl)c1. The highest BCUT2D eigenvalue weighted by Crippen LogP contribution is 2.37. The summed E-state index contributed by atoms with van der Waals surface area (Å²) in [4.78, 5) is 13.4. The first kappa shape index (κ1) is 12.9. The van der Waals surface area contributed by atoms with E-state index in [0.29, 0.717) is 24.4 Å². The quantitative estimate of drug-likeness (QED) is 0.823. The highest BCUT2D eigenvalue weighted by atomic mass is 35.5. The fourth-order valence-corrected chi connectivity index (χ4v) is 2.58. The van der Waals surface area contributed by atoms with E-state index in [1.54, 1.807) is 17.0 Å². The summed E-state index contributed by atoms with van der Waals surface area (Å²) in [6.45, 7) is 0.611. The summed E-state index contributed by atoms with van der Waals surface area (Å²) in [5.74, 6) is 0.787. The monoisotopic (exact) mass is 291 g/mol. The molecule has 2 rings (SSSR count). The number of nitrogens with zero attached hydrogens (tertiary/aromatic N) is 1. The van der Waals surface area contributed by atoms with Crippen molar-refractivity contribution in [3.05, 3.63) is 22.2 Å². The van der Waals surface area contributed by atoms with Crippen molar-refractivity contribution in [3.63, 3.8) is 0 Å². The van der Waals surface area contributed by atoms with Gasteiger partial charge in [0.05, 0.1) is 10.0 Å². The van der Waals surface area contributed by atoms with Crippen LogP contribution in [0.3, 0.4) is 0 Å². The smallest absolute Gasteiger partial charge is 0.227 e. The van der Waals surface area contributed by atoms with Crippen molar-refractivity contribution in [2.75, 3.05) is 17.2 Å². The molecule has 0 aliphatic carbocycles. The van der Waals surface area contributed by atoms with Crippen LogP contribution in [0.15, 0.2) is 12.1 Å². The number of thiol groups is 1. The predicted octanol–water partition coefficient (Wildman–Crippen LogP) is 2.98. The van der Waals surface area contributed by atoms with Crippen LogP contribution >= 0.6 is 35.8 Å². The van der Waals surface area contributed by atoms with Crippen LogP contribution in [0.5, 0.6) is 5.75 Å². The van der Waals surface area contributed by atoms with Gasteiger partial charge in [-0.1, -0.05) is 23.2 Å². The number of phenolic OH excluding ortho intramolecular Hbond substituents is 1. The summed E-state index contributed by atoms with van der Waals surface area (Å²) in [5.41, 5.74) is 0.618. The minimum atomic E-state index is -0.158. The van der Waals surface area contributed by atoms with Gasteiger partial charge in [0.25, 0.3) is 0 Å². The topological polar surface area (TPSA) is 40.5 Å². The Bertz CT molecular complexity index is 444. The number of phenols is 1. The Labute approximate surface area is 115 Å². The van der Waals surface area contributed by atoms with Crippen molar-refractivity contribution in [2.24, 2.45) is 5.92 Å². The van der Waals surface area contributed by atoms with Crippen LogP contribution in [0.4, 0.5) is 5.69 Å². The van der Waals surface area contributed by atoms with E-state index in [2.05, 4.69) is 12.6 Å². The Morgan fingerprint density at radius 1 is 1.41 bits per heavy atom. The van der Waals surface area contributed by atoms with E-state index in [0.717, 1.165) is 0 Å². The Morgan fingerprint density at radius 3 is 2.47 bits per heavy atom. The zero-order valence-corrected chi connectivity index (χ0v) is 11.3. The van der Waals surface area contributed by atoms with Gasteiger partial charge in [-0.15, -0.1) is 0 Å². The Morgan fingerprint density at radius 2 is 2.00 bits per heavy atom. The summed E-state index contributed by atoms with van der Waals surface area (Å²) >= 11 is 15.9.